The SMILES string of the molecule is CCc1nn(CC)c(CNC2CCOCC2)c1Cl. The molecule has 1 aromatic rings. The third kappa shape index (κ3) is 3.05. The van der Waals surface area contributed by atoms with Gasteiger partial charge in [0.2, 0.25) is 0 Å². The summed E-state index contributed by atoms with van der Waals surface area (Å²) in [4.78, 5) is 0. The predicted molar refractivity (Wildman–Crippen MR) is 73.0 cm³/mol. The highest BCUT2D eigenvalue weighted by molar-refractivity contribution is 6.31. The second-order valence-electron chi connectivity index (χ2n) is 4.64. The van der Waals surface area contributed by atoms with Crippen LogP contribution < -0.4 is 5.32 Å². The molecule has 1 N–H and O–H groups in total. The van der Waals surface area contributed by atoms with E-state index in [4.69, 9.17) is 16.3 Å². The van der Waals surface area contributed by atoms with Gasteiger partial charge in [0.25, 0.3) is 0 Å². The van der Waals surface area contributed by atoms with Gasteiger partial charge in [0.15, 0.2) is 0 Å². The lowest BCUT2D eigenvalue weighted by molar-refractivity contribution is 0.0774. The smallest absolute Gasteiger partial charge is 0.0863 e. The van der Waals surface area contributed by atoms with Crippen LogP contribution in [0, 0.1) is 0 Å². The molecule has 0 atom stereocenters. The van der Waals surface area contributed by atoms with Gasteiger partial charge in [-0.1, -0.05) is 18.5 Å². The molecule has 18 heavy (non-hydrogen) atoms. The first-order valence-electron chi connectivity index (χ1n) is 6.81. The van der Waals surface area contributed by atoms with Crippen molar-refractivity contribution in [2.75, 3.05) is 13.2 Å². The van der Waals surface area contributed by atoms with Gasteiger partial charge in [-0.05, 0) is 26.2 Å². The highest BCUT2D eigenvalue weighted by atomic mass is 35.5. The highest BCUT2D eigenvalue weighted by Gasteiger charge is 2.17. The minimum absolute atomic E-state index is 0.542. The molecule has 0 saturated carbocycles. The molecule has 2 heterocycles. The molecule has 0 spiro atoms. The fourth-order valence-corrected chi connectivity index (χ4v) is 2.66. The van der Waals surface area contributed by atoms with E-state index in [9.17, 15) is 0 Å². The number of nitrogens with zero attached hydrogens (tertiary/aromatic N) is 2. The summed E-state index contributed by atoms with van der Waals surface area (Å²) in [5.74, 6) is 0. The molecule has 4 nitrogen and oxygen atoms in total. The Morgan fingerprint density at radius 2 is 2.11 bits per heavy atom. The largest absolute Gasteiger partial charge is 0.381 e. The van der Waals surface area contributed by atoms with Gasteiger partial charge in [-0.3, -0.25) is 4.68 Å². The van der Waals surface area contributed by atoms with Gasteiger partial charge in [-0.25, -0.2) is 0 Å². The Balaban J connectivity index is 2.01. The van der Waals surface area contributed by atoms with Gasteiger partial charge in [-0.2, -0.15) is 5.10 Å². The Morgan fingerprint density at radius 3 is 2.72 bits per heavy atom. The second kappa shape index (κ2) is 6.55. The molecule has 1 aromatic heterocycles. The minimum atomic E-state index is 0.542. The van der Waals surface area contributed by atoms with Crippen LogP contribution in [0.3, 0.4) is 0 Å². The summed E-state index contributed by atoms with van der Waals surface area (Å²) in [7, 11) is 0. The summed E-state index contributed by atoms with van der Waals surface area (Å²) in [6, 6.07) is 0.542. The van der Waals surface area contributed by atoms with Crippen molar-refractivity contribution in [2.24, 2.45) is 0 Å². The van der Waals surface area contributed by atoms with Crippen molar-refractivity contribution in [3.05, 3.63) is 16.4 Å². The third-order valence-corrected chi connectivity index (χ3v) is 3.91. The van der Waals surface area contributed by atoms with Crippen molar-refractivity contribution in [2.45, 2.75) is 52.2 Å². The van der Waals surface area contributed by atoms with Crippen LogP contribution in [0.15, 0.2) is 0 Å². The lowest BCUT2D eigenvalue weighted by Crippen LogP contribution is -2.34. The van der Waals surface area contributed by atoms with Crippen molar-refractivity contribution in [3.63, 3.8) is 0 Å². The molecule has 2 rings (SSSR count). The van der Waals surface area contributed by atoms with Gasteiger partial charge in [0, 0.05) is 32.3 Å². The molecular formula is C13H22ClN3O. The van der Waals surface area contributed by atoms with Crippen LogP contribution in [0.5, 0.6) is 0 Å². The van der Waals surface area contributed by atoms with Gasteiger partial charge >= 0.3 is 0 Å². The third-order valence-electron chi connectivity index (χ3n) is 3.47. The van der Waals surface area contributed by atoms with Gasteiger partial charge < -0.3 is 10.1 Å². The van der Waals surface area contributed by atoms with Crippen LogP contribution in [0.25, 0.3) is 0 Å². The predicted octanol–water partition coefficient (Wildman–Crippen LogP) is 2.39. The number of aryl methyl sites for hydroxylation is 2. The zero-order valence-corrected chi connectivity index (χ0v) is 12.0. The van der Waals surface area contributed by atoms with Crippen LogP contribution in [0.2, 0.25) is 5.02 Å². The van der Waals surface area contributed by atoms with E-state index >= 15 is 0 Å². The monoisotopic (exact) mass is 271 g/mol. The van der Waals surface area contributed by atoms with Crippen LogP contribution in [-0.2, 0) is 24.2 Å². The number of nitrogens with one attached hydrogen (secondary N) is 1. The van der Waals surface area contributed by atoms with Gasteiger partial charge in [0.1, 0.15) is 0 Å². The molecular weight excluding hydrogens is 250 g/mol. The average molecular weight is 272 g/mol. The molecule has 1 saturated heterocycles. The number of hydrogen-bond acceptors (Lipinski definition) is 3. The molecule has 1 aliphatic heterocycles. The first-order chi connectivity index (χ1) is 8.76. The molecule has 0 amide bonds. The maximum absolute atomic E-state index is 6.38. The topological polar surface area (TPSA) is 39.1 Å². The molecule has 102 valence electrons. The number of ether oxygens (including phenoxy) is 1. The van der Waals surface area contributed by atoms with Crippen LogP contribution >= 0.6 is 11.6 Å². The second-order valence-corrected chi connectivity index (χ2v) is 5.02. The number of aromatic nitrogens is 2. The molecule has 0 aromatic carbocycles. The van der Waals surface area contributed by atoms with E-state index in [1.807, 2.05) is 4.68 Å². The first kappa shape index (κ1) is 13.8. The standard InChI is InChI=1S/C13H22ClN3O/c1-3-11-13(14)12(17(4-2)16-11)9-15-10-5-7-18-8-6-10/h10,15H,3-9H2,1-2H3. The first-order valence-corrected chi connectivity index (χ1v) is 7.19. The van der Waals surface area contributed by atoms with Gasteiger partial charge in [0.05, 0.1) is 16.4 Å². The molecule has 5 heteroatoms. The summed E-state index contributed by atoms with van der Waals surface area (Å²) in [5.41, 5.74) is 2.12. The number of halogens is 1. The zero-order valence-electron chi connectivity index (χ0n) is 11.2. The summed E-state index contributed by atoms with van der Waals surface area (Å²) in [6.45, 7) is 7.57. The molecule has 0 aliphatic carbocycles. The zero-order chi connectivity index (χ0) is 13.0. The Kier molecular flexibility index (Phi) is 5.03. The van der Waals surface area contributed by atoms with E-state index in [1.165, 1.54) is 0 Å². The molecule has 0 radical (unpaired) electrons. The molecule has 1 fully saturated rings. The fourth-order valence-electron chi connectivity index (χ4n) is 2.33. The van der Waals surface area contributed by atoms with E-state index < -0.39 is 0 Å². The summed E-state index contributed by atoms with van der Waals surface area (Å²) < 4.78 is 7.37. The lowest BCUT2D eigenvalue weighted by Gasteiger charge is -2.23. The van der Waals surface area contributed by atoms with Crippen molar-refractivity contribution >= 4 is 11.6 Å². The maximum Gasteiger partial charge on any atom is 0.0863 e. The molecule has 0 bridgehead atoms. The molecule has 0 unspecified atom stereocenters. The molecule has 1 aliphatic rings. The van der Waals surface area contributed by atoms with E-state index in [0.717, 1.165) is 62.0 Å². The quantitative estimate of drug-likeness (QED) is 0.894. The average Bonchev–Trinajstić information content (AvgIpc) is 2.73. The van der Waals surface area contributed by atoms with E-state index in [1.54, 1.807) is 0 Å². The van der Waals surface area contributed by atoms with E-state index in [0.29, 0.717) is 6.04 Å². The van der Waals surface area contributed by atoms with E-state index in [2.05, 4.69) is 24.3 Å². The van der Waals surface area contributed by atoms with Gasteiger partial charge in [-0.15, -0.1) is 0 Å². The Bertz CT molecular complexity index is 386. The van der Waals surface area contributed by atoms with Crippen LogP contribution in [-0.4, -0.2) is 29.0 Å². The fraction of sp³-hybridized carbons (Fsp3) is 0.769. The van der Waals surface area contributed by atoms with Crippen molar-refractivity contribution in [1.29, 1.82) is 0 Å². The Labute approximate surface area is 114 Å². The van der Waals surface area contributed by atoms with Crippen molar-refractivity contribution in [1.82, 2.24) is 15.1 Å². The normalized spacial score (nSPS) is 17.3. The maximum atomic E-state index is 6.38. The van der Waals surface area contributed by atoms with Crippen LogP contribution in [0.4, 0.5) is 0 Å². The Morgan fingerprint density at radius 1 is 1.39 bits per heavy atom. The summed E-state index contributed by atoms with van der Waals surface area (Å²) in [6.07, 6.45) is 3.05. The van der Waals surface area contributed by atoms with Crippen molar-refractivity contribution in [3.8, 4) is 0 Å². The van der Waals surface area contributed by atoms with E-state index in [-0.39, 0.29) is 0 Å². The minimum Gasteiger partial charge on any atom is -0.381 e. The lowest BCUT2D eigenvalue weighted by atomic mass is 10.1. The highest BCUT2D eigenvalue weighted by Crippen LogP contribution is 2.22. The summed E-state index contributed by atoms with van der Waals surface area (Å²) >= 11 is 6.38. The van der Waals surface area contributed by atoms with Crippen molar-refractivity contribution < 1.29 is 4.74 Å². The Hall–Kier alpha value is -0.580. The number of rotatable bonds is 5. The van der Waals surface area contributed by atoms with Crippen LogP contribution in [0.1, 0.15) is 38.1 Å². The number of hydrogen-bond donors (Lipinski definition) is 1. The summed E-state index contributed by atoms with van der Waals surface area (Å²) in [5, 5.41) is 8.93.